The van der Waals surface area contributed by atoms with Crippen molar-refractivity contribution < 1.29 is 9.59 Å². The number of anilines is 2. The third kappa shape index (κ3) is 4.24. The van der Waals surface area contributed by atoms with Crippen molar-refractivity contribution >= 4 is 34.0 Å². The molecule has 1 saturated heterocycles. The molecule has 3 N–H and O–H groups in total. The normalized spacial score (nSPS) is 15.0. The van der Waals surface area contributed by atoms with Crippen LogP contribution in [0, 0.1) is 6.92 Å². The number of hydrogen-bond acceptors (Lipinski definition) is 5. The van der Waals surface area contributed by atoms with Gasteiger partial charge in [-0.1, -0.05) is 12.1 Å². The molecule has 6 nitrogen and oxygen atoms in total. The molecule has 25 heavy (non-hydrogen) atoms. The van der Waals surface area contributed by atoms with Gasteiger partial charge in [0.05, 0.1) is 16.9 Å². The lowest BCUT2D eigenvalue weighted by molar-refractivity contribution is -0.114. The average molecular weight is 358 g/mol. The number of benzene rings is 1. The minimum Gasteiger partial charge on any atom is -0.326 e. The number of rotatable bonds is 4. The Hall–Kier alpha value is -2.25. The van der Waals surface area contributed by atoms with Gasteiger partial charge in [0.2, 0.25) is 5.91 Å². The minimum absolute atomic E-state index is 0.210. The van der Waals surface area contributed by atoms with Gasteiger partial charge in [-0.15, -0.1) is 11.3 Å². The quantitative estimate of drug-likeness (QED) is 0.784. The molecule has 2 amide bonds. The molecule has 1 fully saturated rings. The van der Waals surface area contributed by atoms with Gasteiger partial charge in [0, 0.05) is 17.7 Å². The maximum Gasteiger partial charge on any atom is 0.259 e. The fourth-order valence-electron chi connectivity index (χ4n) is 3.08. The summed E-state index contributed by atoms with van der Waals surface area (Å²) >= 11 is 1.50. The summed E-state index contributed by atoms with van der Waals surface area (Å²) in [5, 5.41) is 9.52. The van der Waals surface area contributed by atoms with Gasteiger partial charge in [-0.25, -0.2) is 4.98 Å². The monoisotopic (exact) mass is 358 g/mol. The highest BCUT2D eigenvalue weighted by atomic mass is 32.1. The zero-order chi connectivity index (χ0) is 17.8. The van der Waals surface area contributed by atoms with Crippen molar-refractivity contribution in [1.82, 2.24) is 10.3 Å². The van der Waals surface area contributed by atoms with Crippen LogP contribution >= 0.6 is 11.3 Å². The van der Waals surface area contributed by atoms with Crippen molar-refractivity contribution in [2.45, 2.75) is 32.6 Å². The molecule has 1 aromatic heterocycles. The van der Waals surface area contributed by atoms with E-state index in [1.54, 1.807) is 24.3 Å². The van der Waals surface area contributed by atoms with Crippen molar-refractivity contribution in [3.8, 4) is 0 Å². The van der Waals surface area contributed by atoms with E-state index >= 15 is 0 Å². The number of carbonyl (C=O) groups excluding carboxylic acids is 2. The molecule has 3 rings (SSSR count). The average Bonchev–Trinajstić information content (AvgIpc) is 2.96. The van der Waals surface area contributed by atoms with E-state index in [0.29, 0.717) is 22.3 Å². The van der Waals surface area contributed by atoms with E-state index in [1.165, 1.54) is 18.3 Å². The van der Waals surface area contributed by atoms with Gasteiger partial charge in [0.25, 0.3) is 5.91 Å². The van der Waals surface area contributed by atoms with Crippen LogP contribution in [0.4, 0.5) is 10.8 Å². The maximum atomic E-state index is 12.6. The molecular formula is C18H22N4O2S. The smallest absolute Gasteiger partial charge is 0.259 e. The highest BCUT2D eigenvalue weighted by Crippen LogP contribution is 2.32. The lowest BCUT2D eigenvalue weighted by Crippen LogP contribution is -2.27. The Bertz CT molecular complexity index is 781. The van der Waals surface area contributed by atoms with Crippen LogP contribution in [0.15, 0.2) is 24.3 Å². The van der Waals surface area contributed by atoms with E-state index in [1.807, 2.05) is 0 Å². The lowest BCUT2D eigenvalue weighted by Gasteiger charge is -2.21. The first-order valence-electron chi connectivity index (χ1n) is 8.40. The number of thiazole rings is 1. The van der Waals surface area contributed by atoms with Crippen LogP contribution in [0.1, 0.15) is 46.6 Å². The molecule has 1 aromatic carbocycles. The molecule has 7 heteroatoms. The number of amides is 2. The van der Waals surface area contributed by atoms with Crippen molar-refractivity contribution in [3.05, 3.63) is 40.4 Å². The van der Waals surface area contributed by atoms with Gasteiger partial charge >= 0.3 is 0 Å². The molecule has 0 unspecified atom stereocenters. The molecule has 1 aliphatic heterocycles. The third-order valence-corrected chi connectivity index (χ3v) is 5.16. The van der Waals surface area contributed by atoms with Gasteiger partial charge in [-0.2, -0.15) is 0 Å². The van der Waals surface area contributed by atoms with Crippen LogP contribution in [0.3, 0.4) is 0 Å². The Morgan fingerprint density at radius 2 is 1.92 bits per heavy atom. The first kappa shape index (κ1) is 17.6. The van der Waals surface area contributed by atoms with Gasteiger partial charge in [-0.05, 0) is 45.0 Å². The van der Waals surface area contributed by atoms with Crippen LogP contribution in [0.2, 0.25) is 0 Å². The Balaban J connectivity index is 1.76. The second-order valence-electron chi connectivity index (χ2n) is 6.17. The largest absolute Gasteiger partial charge is 0.326 e. The van der Waals surface area contributed by atoms with Crippen LogP contribution in [0.25, 0.3) is 0 Å². The number of nitrogens with one attached hydrogen (secondary N) is 3. The number of hydrogen-bond donors (Lipinski definition) is 3. The number of aromatic nitrogens is 1. The molecule has 0 spiro atoms. The predicted molar refractivity (Wildman–Crippen MR) is 100 cm³/mol. The number of carbonyl (C=O) groups is 2. The second kappa shape index (κ2) is 7.76. The van der Waals surface area contributed by atoms with Gasteiger partial charge in [0.15, 0.2) is 5.13 Å². The summed E-state index contributed by atoms with van der Waals surface area (Å²) in [7, 11) is 0. The van der Waals surface area contributed by atoms with Gasteiger partial charge in [0.1, 0.15) is 0 Å². The van der Waals surface area contributed by atoms with Gasteiger partial charge in [-0.3, -0.25) is 14.9 Å². The summed E-state index contributed by atoms with van der Waals surface area (Å²) in [6, 6.07) is 6.96. The van der Waals surface area contributed by atoms with E-state index in [2.05, 4.69) is 27.9 Å². The molecule has 0 atom stereocenters. The van der Waals surface area contributed by atoms with Crippen LogP contribution in [-0.4, -0.2) is 29.9 Å². The Morgan fingerprint density at radius 3 is 2.64 bits per heavy atom. The molecule has 2 aromatic rings. The number of piperidine rings is 1. The van der Waals surface area contributed by atoms with Crippen LogP contribution in [0.5, 0.6) is 0 Å². The highest BCUT2D eigenvalue weighted by Gasteiger charge is 2.22. The number of nitrogens with zero attached hydrogens (tertiary/aromatic N) is 1. The van der Waals surface area contributed by atoms with Crippen LogP contribution < -0.4 is 16.0 Å². The summed E-state index contributed by atoms with van der Waals surface area (Å²) in [6.07, 6.45) is 2.15. The second-order valence-corrected chi connectivity index (χ2v) is 7.37. The van der Waals surface area contributed by atoms with E-state index in [9.17, 15) is 9.59 Å². The Labute approximate surface area is 151 Å². The zero-order valence-corrected chi connectivity index (χ0v) is 15.2. The highest BCUT2D eigenvalue weighted by molar-refractivity contribution is 7.15. The lowest BCUT2D eigenvalue weighted by atomic mass is 9.94. The Kier molecular flexibility index (Phi) is 5.45. The van der Waals surface area contributed by atoms with Crippen molar-refractivity contribution in [1.29, 1.82) is 0 Å². The van der Waals surface area contributed by atoms with Crippen molar-refractivity contribution in [2.24, 2.45) is 0 Å². The number of para-hydroxylation sites is 1. The summed E-state index contributed by atoms with van der Waals surface area (Å²) in [5.41, 5.74) is 2.02. The zero-order valence-electron chi connectivity index (χ0n) is 14.4. The minimum atomic E-state index is -0.269. The van der Waals surface area contributed by atoms with E-state index in [0.717, 1.165) is 36.5 Å². The van der Waals surface area contributed by atoms with Crippen molar-refractivity contribution in [3.63, 3.8) is 0 Å². The predicted octanol–water partition coefficient (Wildman–Crippen LogP) is 3.13. The van der Waals surface area contributed by atoms with E-state index in [4.69, 9.17) is 0 Å². The summed E-state index contributed by atoms with van der Waals surface area (Å²) in [5.74, 6) is -0.0247. The first-order chi connectivity index (χ1) is 12.0. The Morgan fingerprint density at radius 1 is 1.20 bits per heavy atom. The summed E-state index contributed by atoms with van der Waals surface area (Å²) < 4.78 is 0. The van der Waals surface area contributed by atoms with Gasteiger partial charge < -0.3 is 10.6 Å². The summed E-state index contributed by atoms with van der Waals surface area (Å²) in [4.78, 5) is 29.7. The van der Waals surface area contributed by atoms with E-state index < -0.39 is 0 Å². The van der Waals surface area contributed by atoms with E-state index in [-0.39, 0.29) is 11.8 Å². The molecule has 1 aliphatic rings. The third-order valence-electron chi connectivity index (χ3n) is 4.26. The first-order valence-corrected chi connectivity index (χ1v) is 9.22. The number of aryl methyl sites for hydroxylation is 1. The topological polar surface area (TPSA) is 83.1 Å². The van der Waals surface area contributed by atoms with Crippen molar-refractivity contribution in [2.75, 3.05) is 23.7 Å². The van der Waals surface area contributed by atoms with Crippen LogP contribution in [-0.2, 0) is 4.79 Å². The molecule has 0 aliphatic carbocycles. The molecule has 132 valence electrons. The molecule has 0 bridgehead atoms. The summed E-state index contributed by atoms with van der Waals surface area (Å²) in [6.45, 7) is 5.49. The molecule has 2 heterocycles. The SMILES string of the molecule is CC(=O)Nc1ccccc1C(=O)Nc1nc(C2CCNCC2)c(C)s1. The maximum absolute atomic E-state index is 12.6. The fraction of sp³-hybridized carbons (Fsp3) is 0.389. The standard InChI is InChI=1S/C18H22N4O2S/c1-11-16(13-7-9-19-10-8-13)21-18(25-11)22-17(24)14-5-3-4-6-15(14)20-12(2)23/h3-6,13,19H,7-10H2,1-2H3,(H,20,23)(H,21,22,24). The fourth-order valence-corrected chi connectivity index (χ4v) is 3.97. The molecule has 0 saturated carbocycles. The molecule has 0 radical (unpaired) electrons. The molecular weight excluding hydrogens is 336 g/mol.